The first-order valence-corrected chi connectivity index (χ1v) is 14.0. The summed E-state index contributed by atoms with van der Waals surface area (Å²) in [5.74, 6) is 1.53. The Morgan fingerprint density at radius 3 is 2.05 bits per heavy atom. The molecule has 1 atom stereocenters. The fourth-order valence-corrected chi connectivity index (χ4v) is 4.83. The number of methoxy groups -OCH3 is 3. The summed E-state index contributed by atoms with van der Waals surface area (Å²) in [7, 11) is 4.79. The number of hydrogen-bond acceptors (Lipinski definition) is 5. The minimum Gasteiger partial charge on any atom is -0.497 e. The molecule has 42 heavy (non-hydrogen) atoms. The largest absolute Gasteiger partial charge is 0.497 e. The van der Waals surface area contributed by atoms with Gasteiger partial charge in [0.25, 0.3) is 0 Å². The van der Waals surface area contributed by atoms with Gasteiger partial charge in [-0.3, -0.25) is 9.59 Å². The van der Waals surface area contributed by atoms with Gasteiger partial charge < -0.3 is 24.4 Å². The molecule has 0 aliphatic heterocycles. The second-order valence-electron chi connectivity index (χ2n) is 9.72. The van der Waals surface area contributed by atoms with Crippen LogP contribution in [0.2, 0.25) is 5.02 Å². The predicted molar refractivity (Wildman–Crippen MR) is 164 cm³/mol. The fraction of sp³-hybridized carbons (Fsp3) is 0.235. The van der Waals surface area contributed by atoms with Crippen LogP contribution in [0.1, 0.15) is 28.3 Å². The quantitative estimate of drug-likeness (QED) is 0.207. The Kier molecular flexibility index (Phi) is 10.8. The van der Waals surface area contributed by atoms with E-state index < -0.39 is 6.04 Å². The Hall–Kier alpha value is -4.49. The third-order valence-corrected chi connectivity index (χ3v) is 7.19. The van der Waals surface area contributed by atoms with Crippen LogP contribution in [0, 0.1) is 0 Å². The first-order valence-electron chi connectivity index (χ1n) is 13.6. The van der Waals surface area contributed by atoms with Crippen LogP contribution < -0.4 is 19.5 Å². The second kappa shape index (κ2) is 14.9. The number of benzene rings is 4. The molecule has 0 aliphatic carbocycles. The van der Waals surface area contributed by atoms with Gasteiger partial charge in [0, 0.05) is 18.1 Å². The lowest BCUT2D eigenvalue weighted by Gasteiger charge is -2.32. The summed E-state index contributed by atoms with van der Waals surface area (Å²) in [6.45, 7) is 0.610. The van der Waals surface area contributed by atoms with E-state index in [1.165, 1.54) is 0 Å². The molecule has 0 unspecified atom stereocenters. The van der Waals surface area contributed by atoms with Gasteiger partial charge >= 0.3 is 0 Å². The lowest BCUT2D eigenvalue weighted by Crippen LogP contribution is -2.44. The molecule has 0 radical (unpaired) electrons. The molecule has 8 heteroatoms. The molecule has 0 saturated heterocycles. The number of carbonyl (C=O) groups excluding carboxylic acids is 2. The summed E-state index contributed by atoms with van der Waals surface area (Å²) < 4.78 is 16.0. The van der Waals surface area contributed by atoms with Crippen molar-refractivity contribution in [3.8, 4) is 17.2 Å². The number of amides is 2. The standard InChI is InChI=1S/C34H35ClN2O5/c1-40-29-16-11-26(12-17-29)23-37(32(38)22-24-9-14-28(35)15-10-24)33(27-7-5-4-6-8-27)34(39)36-20-19-25-13-18-30(41-2)31(21-25)42-3/h4-18,21,33H,19-20,22-23H2,1-3H3,(H,36,39)/t33-/m1/s1. The molecule has 0 heterocycles. The topological polar surface area (TPSA) is 77.1 Å². The molecule has 0 spiro atoms. The van der Waals surface area contributed by atoms with Crippen molar-refractivity contribution in [2.24, 2.45) is 0 Å². The van der Waals surface area contributed by atoms with Crippen LogP contribution >= 0.6 is 11.6 Å². The van der Waals surface area contributed by atoms with E-state index in [9.17, 15) is 9.59 Å². The maximum atomic E-state index is 13.9. The van der Waals surface area contributed by atoms with Crippen molar-refractivity contribution >= 4 is 23.4 Å². The van der Waals surface area contributed by atoms with E-state index in [4.69, 9.17) is 25.8 Å². The SMILES string of the molecule is COc1ccc(CN(C(=O)Cc2ccc(Cl)cc2)[C@@H](C(=O)NCCc2ccc(OC)c(OC)c2)c2ccccc2)cc1. The Morgan fingerprint density at radius 1 is 0.762 bits per heavy atom. The summed E-state index contributed by atoms with van der Waals surface area (Å²) in [5, 5.41) is 3.66. The van der Waals surface area contributed by atoms with Gasteiger partial charge in [0.2, 0.25) is 11.8 Å². The lowest BCUT2D eigenvalue weighted by molar-refractivity contribution is -0.141. The van der Waals surface area contributed by atoms with Gasteiger partial charge in [0.15, 0.2) is 11.5 Å². The van der Waals surface area contributed by atoms with E-state index in [2.05, 4.69) is 5.32 Å². The van der Waals surface area contributed by atoms with Crippen LogP contribution in [-0.2, 0) is 29.0 Å². The monoisotopic (exact) mass is 586 g/mol. The highest BCUT2D eigenvalue weighted by Crippen LogP contribution is 2.28. The number of halogens is 1. The molecule has 4 aromatic carbocycles. The smallest absolute Gasteiger partial charge is 0.247 e. The van der Waals surface area contributed by atoms with Crippen molar-refractivity contribution < 1.29 is 23.8 Å². The predicted octanol–water partition coefficient (Wildman–Crippen LogP) is 6.04. The summed E-state index contributed by atoms with van der Waals surface area (Å²) in [4.78, 5) is 29.5. The third kappa shape index (κ3) is 8.04. The average molecular weight is 587 g/mol. The van der Waals surface area contributed by atoms with Crippen LogP contribution in [-0.4, -0.2) is 44.6 Å². The maximum Gasteiger partial charge on any atom is 0.247 e. The highest BCUT2D eigenvalue weighted by atomic mass is 35.5. The summed E-state index contributed by atoms with van der Waals surface area (Å²) >= 11 is 6.07. The van der Waals surface area contributed by atoms with Gasteiger partial charge in [-0.25, -0.2) is 0 Å². The number of hydrogen-bond donors (Lipinski definition) is 1. The van der Waals surface area contributed by atoms with Crippen LogP contribution in [0.3, 0.4) is 0 Å². The number of nitrogens with zero attached hydrogens (tertiary/aromatic N) is 1. The normalized spacial score (nSPS) is 11.3. The molecule has 4 rings (SSSR count). The molecule has 7 nitrogen and oxygen atoms in total. The van der Waals surface area contributed by atoms with E-state index >= 15 is 0 Å². The molecule has 1 N–H and O–H groups in total. The zero-order valence-electron chi connectivity index (χ0n) is 24.0. The zero-order valence-corrected chi connectivity index (χ0v) is 24.8. The Morgan fingerprint density at radius 2 is 1.40 bits per heavy atom. The van der Waals surface area contributed by atoms with Crippen molar-refractivity contribution in [3.63, 3.8) is 0 Å². The molecule has 0 saturated carbocycles. The number of ether oxygens (including phenoxy) is 3. The molecule has 4 aromatic rings. The number of carbonyl (C=O) groups is 2. The van der Waals surface area contributed by atoms with Crippen molar-refractivity contribution in [3.05, 3.63) is 124 Å². The van der Waals surface area contributed by atoms with Crippen molar-refractivity contribution in [1.82, 2.24) is 10.2 Å². The minimum absolute atomic E-state index is 0.121. The van der Waals surface area contributed by atoms with Crippen LogP contribution in [0.15, 0.2) is 97.1 Å². The molecule has 0 fully saturated rings. The number of rotatable bonds is 13. The maximum absolute atomic E-state index is 13.9. The lowest BCUT2D eigenvalue weighted by atomic mass is 10.0. The number of nitrogens with one attached hydrogen (secondary N) is 1. The van der Waals surface area contributed by atoms with Crippen molar-refractivity contribution in [2.75, 3.05) is 27.9 Å². The first-order chi connectivity index (χ1) is 20.4. The molecular formula is C34H35ClN2O5. The minimum atomic E-state index is -0.849. The van der Waals surface area contributed by atoms with Gasteiger partial charge in [0.1, 0.15) is 11.8 Å². The van der Waals surface area contributed by atoms with E-state index in [-0.39, 0.29) is 24.8 Å². The molecule has 0 aliphatic rings. The second-order valence-corrected chi connectivity index (χ2v) is 10.2. The highest BCUT2D eigenvalue weighted by Gasteiger charge is 2.31. The van der Waals surface area contributed by atoms with Gasteiger partial charge in [-0.05, 0) is 65.1 Å². The van der Waals surface area contributed by atoms with Gasteiger partial charge in [-0.15, -0.1) is 0 Å². The van der Waals surface area contributed by atoms with Gasteiger partial charge in [0.05, 0.1) is 27.8 Å². The zero-order chi connectivity index (χ0) is 29.9. The van der Waals surface area contributed by atoms with Crippen molar-refractivity contribution in [1.29, 1.82) is 0 Å². The summed E-state index contributed by atoms with van der Waals surface area (Å²) in [6, 6.07) is 28.9. The van der Waals surface area contributed by atoms with Crippen LogP contribution in [0.5, 0.6) is 17.2 Å². The fourth-order valence-electron chi connectivity index (χ4n) is 4.70. The Bertz CT molecular complexity index is 1460. The van der Waals surface area contributed by atoms with Gasteiger partial charge in [-0.1, -0.05) is 72.3 Å². The first kappa shape index (κ1) is 30.5. The average Bonchev–Trinajstić information content (AvgIpc) is 3.02. The molecule has 218 valence electrons. The molecule has 0 aromatic heterocycles. The highest BCUT2D eigenvalue weighted by molar-refractivity contribution is 6.30. The third-order valence-electron chi connectivity index (χ3n) is 6.94. The van der Waals surface area contributed by atoms with Crippen molar-refractivity contribution in [2.45, 2.75) is 25.4 Å². The van der Waals surface area contributed by atoms with E-state index in [1.807, 2.05) is 84.9 Å². The van der Waals surface area contributed by atoms with E-state index in [0.717, 1.165) is 22.3 Å². The van der Waals surface area contributed by atoms with Crippen LogP contribution in [0.25, 0.3) is 0 Å². The van der Waals surface area contributed by atoms with E-state index in [0.29, 0.717) is 35.2 Å². The van der Waals surface area contributed by atoms with E-state index in [1.54, 1.807) is 38.4 Å². The summed E-state index contributed by atoms with van der Waals surface area (Å²) in [5.41, 5.74) is 3.39. The summed E-state index contributed by atoms with van der Waals surface area (Å²) in [6.07, 6.45) is 0.695. The van der Waals surface area contributed by atoms with Gasteiger partial charge in [-0.2, -0.15) is 0 Å². The Balaban J connectivity index is 1.60. The van der Waals surface area contributed by atoms with Crippen LogP contribution in [0.4, 0.5) is 0 Å². The molecule has 2 amide bonds. The molecular weight excluding hydrogens is 552 g/mol. The molecule has 0 bridgehead atoms. The Labute approximate surface area is 252 Å².